The van der Waals surface area contributed by atoms with Crippen LogP contribution >= 0.6 is 0 Å². The Balaban J connectivity index is 1.45. The van der Waals surface area contributed by atoms with Crippen molar-refractivity contribution < 1.29 is 9.13 Å². The van der Waals surface area contributed by atoms with E-state index >= 15 is 0 Å². The Bertz CT molecular complexity index is 1230. The summed E-state index contributed by atoms with van der Waals surface area (Å²) in [5, 5.41) is 0. The van der Waals surface area contributed by atoms with Crippen LogP contribution in [0.1, 0.15) is 6.42 Å². The second kappa shape index (κ2) is 8.44. The average Bonchev–Trinajstić information content (AvgIpc) is 2.74. The van der Waals surface area contributed by atoms with Gasteiger partial charge in [0.1, 0.15) is 12.1 Å². The van der Waals surface area contributed by atoms with Crippen molar-refractivity contribution in [2.24, 2.45) is 0 Å². The summed E-state index contributed by atoms with van der Waals surface area (Å²) < 4.78 is 21.7. The maximum atomic E-state index is 14.9. The summed E-state index contributed by atoms with van der Waals surface area (Å²) >= 11 is 2.31. The van der Waals surface area contributed by atoms with Crippen molar-refractivity contribution >= 4 is 27.2 Å². The van der Waals surface area contributed by atoms with Crippen LogP contribution in [-0.2, 0) is 0 Å². The van der Waals surface area contributed by atoms with E-state index in [1.165, 1.54) is 12.4 Å². The van der Waals surface area contributed by atoms with Gasteiger partial charge in [-0.25, -0.2) is 9.97 Å². The fourth-order valence-corrected chi connectivity index (χ4v) is 3.60. The number of anilines is 1. The first-order chi connectivity index (χ1) is 15.2. The second-order valence-electron chi connectivity index (χ2n) is 7.11. The maximum absolute atomic E-state index is 14.9. The molecule has 1 saturated heterocycles. The molecule has 2 radical (unpaired) electrons. The number of halogens is 1. The molecule has 2 aromatic heterocycles. The van der Waals surface area contributed by atoms with Crippen LogP contribution in [0, 0.1) is 5.82 Å². The molecule has 5 rings (SSSR count). The number of rotatable bonds is 5. The van der Waals surface area contributed by atoms with Gasteiger partial charge in [0.15, 0.2) is 0 Å². The summed E-state index contributed by atoms with van der Waals surface area (Å²) in [5.74, 6) is 1.52. The van der Waals surface area contributed by atoms with Gasteiger partial charge in [0.2, 0.25) is 0 Å². The molecular formula is C23H17AsFN5O. The monoisotopic (exact) mass is 473 g/mol. The number of ether oxygens (including phenoxy) is 1. The third kappa shape index (κ3) is 4.14. The number of nitrogens with zero attached hydrogens (tertiary/aromatic N) is 5. The van der Waals surface area contributed by atoms with Crippen molar-refractivity contribution in [2.45, 2.75) is 6.42 Å². The molecular weight excluding hydrogens is 456 g/mol. The van der Waals surface area contributed by atoms with Crippen LogP contribution in [0.15, 0.2) is 67.3 Å². The molecule has 0 unspecified atom stereocenters. The second-order valence-corrected chi connectivity index (χ2v) is 8.07. The molecule has 3 heterocycles. The van der Waals surface area contributed by atoms with Crippen molar-refractivity contribution in [3.63, 3.8) is 0 Å². The van der Waals surface area contributed by atoms with Gasteiger partial charge in [-0.1, -0.05) is 0 Å². The van der Waals surface area contributed by atoms with E-state index in [4.69, 9.17) is 4.74 Å². The van der Waals surface area contributed by atoms with Crippen LogP contribution in [0.4, 0.5) is 10.2 Å². The molecule has 8 heteroatoms. The van der Waals surface area contributed by atoms with Gasteiger partial charge in [-0.05, 0) is 6.42 Å². The summed E-state index contributed by atoms with van der Waals surface area (Å²) in [6.07, 6.45) is 5.83. The van der Waals surface area contributed by atoms with Crippen LogP contribution in [0.3, 0.4) is 0 Å². The molecule has 2 aromatic carbocycles. The summed E-state index contributed by atoms with van der Waals surface area (Å²) in [7, 11) is 0. The Labute approximate surface area is 187 Å². The predicted octanol–water partition coefficient (Wildman–Crippen LogP) is 3.54. The molecule has 152 valence electrons. The van der Waals surface area contributed by atoms with Gasteiger partial charge >= 0.3 is 135 Å². The van der Waals surface area contributed by atoms with E-state index in [1.54, 1.807) is 18.5 Å². The molecule has 0 N–H and O–H groups in total. The zero-order valence-corrected chi connectivity index (χ0v) is 18.3. The molecule has 1 fully saturated rings. The van der Waals surface area contributed by atoms with Gasteiger partial charge in [0.05, 0.1) is 0 Å². The fraction of sp³-hybridized carbons (Fsp3) is 0.130. The Morgan fingerprint density at radius 3 is 2.52 bits per heavy atom. The van der Waals surface area contributed by atoms with Crippen molar-refractivity contribution in [3.8, 4) is 34.0 Å². The zero-order valence-electron chi connectivity index (χ0n) is 16.4. The SMILES string of the molecule is Fc1cc(-c2ccccc2Oc2cc(N3CCC3)ncn2)ccc1-c1cnc([As])cn1. The molecule has 1 aliphatic rings. The Morgan fingerprint density at radius 2 is 1.77 bits per heavy atom. The quantitative estimate of drug-likeness (QED) is 0.414. The van der Waals surface area contributed by atoms with Crippen molar-refractivity contribution in [2.75, 3.05) is 18.0 Å². The van der Waals surface area contributed by atoms with Gasteiger partial charge in [0.25, 0.3) is 0 Å². The fourth-order valence-electron chi connectivity index (χ4n) is 3.36. The van der Waals surface area contributed by atoms with Gasteiger partial charge in [-0.2, -0.15) is 0 Å². The van der Waals surface area contributed by atoms with Crippen LogP contribution in [0.2, 0.25) is 0 Å². The number of hydrogen-bond donors (Lipinski definition) is 0. The number of para-hydroxylation sites is 1. The summed E-state index contributed by atoms with van der Waals surface area (Å²) in [6, 6.07) is 14.4. The van der Waals surface area contributed by atoms with Crippen LogP contribution < -0.4 is 14.1 Å². The Kier molecular flexibility index (Phi) is 5.35. The molecule has 0 atom stereocenters. The van der Waals surface area contributed by atoms with Crippen LogP contribution in [0.25, 0.3) is 22.4 Å². The van der Waals surface area contributed by atoms with Crippen molar-refractivity contribution in [3.05, 3.63) is 73.1 Å². The molecule has 0 saturated carbocycles. The van der Waals surface area contributed by atoms with Crippen molar-refractivity contribution in [1.29, 1.82) is 0 Å². The standard InChI is InChI=1S/C23H17AsFN5O/c24-21-13-26-19(12-27-21)17-7-6-15(10-18(17)25)16-4-1-2-5-20(16)31-23-11-22(28-14-29-23)30-8-3-9-30/h1-2,4-7,10-14H,3,8-9H2. The normalized spacial score (nSPS) is 13.0. The predicted molar refractivity (Wildman–Crippen MR) is 117 cm³/mol. The zero-order chi connectivity index (χ0) is 21.2. The third-order valence-electron chi connectivity index (χ3n) is 5.10. The summed E-state index contributed by atoms with van der Waals surface area (Å²) in [4.78, 5) is 19.2. The molecule has 6 nitrogen and oxygen atoms in total. The minimum atomic E-state index is -0.373. The summed E-state index contributed by atoms with van der Waals surface area (Å²) in [6.45, 7) is 1.98. The van der Waals surface area contributed by atoms with Gasteiger partial charge in [-0.3, -0.25) is 0 Å². The van der Waals surface area contributed by atoms with E-state index in [0.29, 0.717) is 28.5 Å². The number of benzene rings is 2. The molecule has 1 aliphatic heterocycles. The van der Waals surface area contributed by atoms with Gasteiger partial charge in [-0.15, -0.1) is 0 Å². The van der Waals surface area contributed by atoms with E-state index in [9.17, 15) is 4.39 Å². The topological polar surface area (TPSA) is 64.0 Å². The van der Waals surface area contributed by atoms with E-state index in [1.807, 2.05) is 36.4 Å². The Morgan fingerprint density at radius 1 is 0.903 bits per heavy atom. The van der Waals surface area contributed by atoms with E-state index < -0.39 is 0 Å². The molecule has 0 aliphatic carbocycles. The molecule has 31 heavy (non-hydrogen) atoms. The van der Waals surface area contributed by atoms with E-state index in [-0.39, 0.29) is 5.82 Å². The molecule has 0 bridgehead atoms. The average molecular weight is 473 g/mol. The van der Waals surface area contributed by atoms with Crippen LogP contribution in [0.5, 0.6) is 11.6 Å². The Hall–Kier alpha value is -3.31. The third-order valence-corrected chi connectivity index (χ3v) is 5.59. The first kappa shape index (κ1) is 19.6. The van der Waals surface area contributed by atoms with E-state index in [2.05, 4.69) is 41.7 Å². The number of aromatic nitrogens is 4. The number of hydrogen-bond acceptors (Lipinski definition) is 6. The van der Waals surface area contributed by atoms with E-state index in [0.717, 1.165) is 35.4 Å². The first-order valence-electron chi connectivity index (χ1n) is 9.82. The van der Waals surface area contributed by atoms with Crippen molar-refractivity contribution in [1.82, 2.24) is 19.9 Å². The summed E-state index contributed by atoms with van der Waals surface area (Å²) in [5.41, 5.74) is 2.36. The van der Waals surface area contributed by atoms with Crippen LogP contribution in [-0.4, -0.2) is 49.9 Å². The molecule has 0 spiro atoms. The van der Waals surface area contributed by atoms with Gasteiger partial charge in [0, 0.05) is 19.2 Å². The molecule has 0 amide bonds. The van der Waals surface area contributed by atoms with Gasteiger partial charge < -0.3 is 4.90 Å². The molecule has 4 aromatic rings. The minimum absolute atomic E-state index is 0.373. The first-order valence-corrected chi connectivity index (χ1v) is 10.8.